The minimum atomic E-state index is -0.732. The number of hydrogen-bond acceptors (Lipinski definition) is 4. The Labute approximate surface area is 200 Å². The van der Waals surface area contributed by atoms with Crippen molar-refractivity contribution in [1.29, 1.82) is 0 Å². The minimum absolute atomic E-state index is 0.0965. The van der Waals surface area contributed by atoms with Crippen LogP contribution in [0.25, 0.3) is 6.08 Å². The van der Waals surface area contributed by atoms with E-state index in [2.05, 4.69) is 12.1 Å². The standard InChI is InChI=1S/C28H31NO5/c1-34-26(31)13-10-20-6-5-7-23(16-20)28(14-3-2-4-15-28)29(19-30)18-21-8-11-22(12-9-21)24-17-25(24)27(32)33/h5-13,16,19,24-25H,2-4,14-15,17-18H2,1H3,(H,32,33)/b13-10+. The number of nitrogens with zero attached hydrogens (tertiary/aromatic N) is 1. The summed E-state index contributed by atoms with van der Waals surface area (Å²) in [6.07, 6.45) is 9.80. The van der Waals surface area contributed by atoms with E-state index >= 15 is 0 Å². The first-order chi connectivity index (χ1) is 16.5. The summed E-state index contributed by atoms with van der Waals surface area (Å²) in [5.41, 5.74) is 3.63. The molecule has 2 unspecified atom stereocenters. The number of carbonyl (C=O) groups is 3. The van der Waals surface area contributed by atoms with Crippen LogP contribution in [0.1, 0.15) is 66.7 Å². The molecule has 2 atom stereocenters. The van der Waals surface area contributed by atoms with Crippen molar-refractivity contribution in [2.75, 3.05) is 7.11 Å². The van der Waals surface area contributed by atoms with Crippen molar-refractivity contribution in [2.24, 2.45) is 5.92 Å². The smallest absolute Gasteiger partial charge is 0.330 e. The molecule has 6 nitrogen and oxygen atoms in total. The lowest BCUT2D eigenvalue weighted by atomic mass is 9.75. The number of carbonyl (C=O) groups excluding carboxylic acids is 2. The summed E-state index contributed by atoms with van der Waals surface area (Å²) in [6, 6.07) is 16.0. The topological polar surface area (TPSA) is 83.9 Å². The van der Waals surface area contributed by atoms with Crippen molar-refractivity contribution in [1.82, 2.24) is 4.90 Å². The Hall–Kier alpha value is -3.41. The molecule has 2 aromatic carbocycles. The van der Waals surface area contributed by atoms with E-state index in [0.29, 0.717) is 13.0 Å². The predicted octanol–water partition coefficient (Wildman–Crippen LogP) is 4.88. The zero-order valence-electron chi connectivity index (χ0n) is 19.5. The van der Waals surface area contributed by atoms with Gasteiger partial charge in [0.1, 0.15) is 0 Å². The number of benzene rings is 2. The molecule has 0 aromatic heterocycles. The van der Waals surface area contributed by atoms with Gasteiger partial charge in [0.05, 0.1) is 18.6 Å². The molecule has 1 amide bonds. The van der Waals surface area contributed by atoms with Gasteiger partial charge in [-0.1, -0.05) is 61.7 Å². The van der Waals surface area contributed by atoms with E-state index < -0.39 is 17.5 Å². The summed E-state index contributed by atoms with van der Waals surface area (Å²) in [7, 11) is 1.35. The summed E-state index contributed by atoms with van der Waals surface area (Å²) in [6.45, 7) is 0.485. The van der Waals surface area contributed by atoms with Crippen LogP contribution in [0.2, 0.25) is 0 Å². The first kappa shape index (κ1) is 23.7. The fourth-order valence-electron chi connectivity index (χ4n) is 5.24. The van der Waals surface area contributed by atoms with Crippen LogP contribution < -0.4 is 0 Å². The van der Waals surface area contributed by atoms with E-state index in [0.717, 1.165) is 60.8 Å². The number of aliphatic carboxylic acids is 1. The van der Waals surface area contributed by atoms with Crippen LogP contribution in [-0.2, 0) is 31.2 Å². The average molecular weight is 462 g/mol. The molecule has 2 saturated carbocycles. The molecule has 34 heavy (non-hydrogen) atoms. The Kier molecular flexibility index (Phi) is 7.15. The van der Waals surface area contributed by atoms with Crippen LogP contribution in [0, 0.1) is 5.92 Å². The number of methoxy groups -OCH3 is 1. The van der Waals surface area contributed by atoms with Crippen LogP contribution in [0.5, 0.6) is 0 Å². The van der Waals surface area contributed by atoms with E-state index in [1.54, 1.807) is 6.08 Å². The van der Waals surface area contributed by atoms with Crippen LogP contribution in [0.4, 0.5) is 0 Å². The molecule has 2 aromatic rings. The molecular weight excluding hydrogens is 430 g/mol. The maximum Gasteiger partial charge on any atom is 0.330 e. The number of rotatable bonds is 9. The second-order valence-corrected chi connectivity index (χ2v) is 9.34. The summed E-state index contributed by atoms with van der Waals surface area (Å²) in [4.78, 5) is 37.0. The van der Waals surface area contributed by atoms with Gasteiger partial charge in [-0.25, -0.2) is 4.79 Å². The molecule has 2 aliphatic rings. The van der Waals surface area contributed by atoms with Gasteiger partial charge < -0.3 is 14.7 Å². The number of amides is 1. The van der Waals surface area contributed by atoms with Crippen LogP contribution >= 0.6 is 0 Å². The molecule has 0 aliphatic heterocycles. The first-order valence-electron chi connectivity index (χ1n) is 11.9. The largest absolute Gasteiger partial charge is 0.481 e. The normalized spacial score (nSPS) is 21.1. The maximum absolute atomic E-state index is 12.4. The van der Waals surface area contributed by atoms with Crippen LogP contribution in [0.3, 0.4) is 0 Å². The predicted molar refractivity (Wildman–Crippen MR) is 129 cm³/mol. The molecule has 0 saturated heterocycles. The number of carboxylic acids is 1. The van der Waals surface area contributed by atoms with Crippen molar-refractivity contribution in [3.63, 3.8) is 0 Å². The highest BCUT2D eigenvalue weighted by Gasteiger charge is 2.44. The summed E-state index contributed by atoms with van der Waals surface area (Å²) in [5.74, 6) is -1.32. The van der Waals surface area contributed by atoms with Crippen molar-refractivity contribution in [2.45, 2.75) is 56.5 Å². The fraction of sp³-hybridized carbons (Fsp3) is 0.393. The second-order valence-electron chi connectivity index (χ2n) is 9.34. The van der Waals surface area contributed by atoms with Gasteiger partial charge in [0.2, 0.25) is 6.41 Å². The van der Waals surface area contributed by atoms with Gasteiger partial charge >= 0.3 is 11.9 Å². The highest BCUT2D eigenvalue weighted by atomic mass is 16.5. The minimum Gasteiger partial charge on any atom is -0.481 e. The lowest BCUT2D eigenvalue weighted by Gasteiger charge is -2.45. The van der Waals surface area contributed by atoms with Crippen molar-refractivity contribution < 1.29 is 24.2 Å². The molecule has 1 N–H and O–H groups in total. The summed E-state index contributed by atoms with van der Waals surface area (Å²) >= 11 is 0. The molecule has 6 heteroatoms. The zero-order valence-corrected chi connectivity index (χ0v) is 19.5. The molecule has 0 spiro atoms. The van der Waals surface area contributed by atoms with Crippen LogP contribution in [-0.4, -0.2) is 35.5 Å². The third-order valence-corrected chi connectivity index (χ3v) is 7.26. The van der Waals surface area contributed by atoms with Crippen molar-refractivity contribution in [3.05, 3.63) is 76.9 Å². The monoisotopic (exact) mass is 461 g/mol. The third kappa shape index (κ3) is 5.06. The first-order valence-corrected chi connectivity index (χ1v) is 11.9. The molecular formula is C28H31NO5. The van der Waals surface area contributed by atoms with Crippen molar-refractivity contribution in [3.8, 4) is 0 Å². The number of hydrogen-bond donors (Lipinski definition) is 1. The Morgan fingerprint density at radius 1 is 1.12 bits per heavy atom. The average Bonchev–Trinajstić information content (AvgIpc) is 3.68. The Morgan fingerprint density at radius 3 is 2.47 bits per heavy atom. The van der Waals surface area contributed by atoms with E-state index in [9.17, 15) is 19.5 Å². The van der Waals surface area contributed by atoms with Gasteiger partial charge in [-0.3, -0.25) is 9.59 Å². The van der Waals surface area contributed by atoms with E-state index in [4.69, 9.17) is 4.74 Å². The number of esters is 1. The quantitative estimate of drug-likeness (QED) is 0.327. The molecule has 2 fully saturated rings. The van der Waals surface area contributed by atoms with E-state index in [-0.39, 0.29) is 11.8 Å². The van der Waals surface area contributed by atoms with Crippen molar-refractivity contribution >= 4 is 24.4 Å². The maximum atomic E-state index is 12.4. The third-order valence-electron chi connectivity index (χ3n) is 7.26. The SMILES string of the molecule is COC(=O)/C=C/c1cccc(C2(N(C=O)Cc3ccc(C4CC4C(=O)O)cc3)CCCCC2)c1. The molecule has 2 aliphatic carbocycles. The molecule has 178 valence electrons. The second kappa shape index (κ2) is 10.2. The zero-order chi connectivity index (χ0) is 24.1. The van der Waals surface area contributed by atoms with E-state index in [1.165, 1.54) is 13.2 Å². The number of ether oxygens (including phenoxy) is 1. The summed E-state index contributed by atoms with van der Waals surface area (Å²) < 4.78 is 4.70. The van der Waals surface area contributed by atoms with Gasteiger partial charge in [0, 0.05) is 12.6 Å². The van der Waals surface area contributed by atoms with Gasteiger partial charge in [0.15, 0.2) is 0 Å². The van der Waals surface area contributed by atoms with E-state index in [1.807, 2.05) is 41.3 Å². The van der Waals surface area contributed by atoms with Gasteiger partial charge in [-0.15, -0.1) is 0 Å². The fourth-order valence-corrected chi connectivity index (χ4v) is 5.24. The molecule has 0 radical (unpaired) electrons. The Bertz CT molecular complexity index is 1070. The highest BCUT2D eigenvalue weighted by Crippen LogP contribution is 2.47. The van der Waals surface area contributed by atoms with Crippen LogP contribution in [0.15, 0.2) is 54.6 Å². The lowest BCUT2D eigenvalue weighted by Crippen LogP contribution is -2.46. The Balaban J connectivity index is 1.57. The van der Waals surface area contributed by atoms with Gasteiger partial charge in [-0.2, -0.15) is 0 Å². The summed E-state index contributed by atoms with van der Waals surface area (Å²) in [5, 5.41) is 9.19. The Morgan fingerprint density at radius 2 is 1.85 bits per heavy atom. The molecule has 0 bridgehead atoms. The molecule has 4 rings (SSSR count). The molecule has 0 heterocycles. The van der Waals surface area contributed by atoms with Gasteiger partial charge in [0.25, 0.3) is 0 Å². The van der Waals surface area contributed by atoms with Gasteiger partial charge in [-0.05, 0) is 59.6 Å². The highest BCUT2D eigenvalue weighted by molar-refractivity contribution is 5.86. The number of carboxylic acid groups (broad SMARTS) is 1. The lowest BCUT2D eigenvalue weighted by molar-refractivity contribution is -0.138.